The third-order valence-corrected chi connectivity index (χ3v) is 3.47. The van der Waals surface area contributed by atoms with Crippen LogP contribution in [0.5, 0.6) is 0 Å². The first-order valence-electron chi connectivity index (χ1n) is 7.72. The maximum absolute atomic E-state index is 11.9. The lowest BCUT2D eigenvalue weighted by atomic mass is 9.89. The molecule has 0 spiro atoms. The number of aliphatic carboxylic acids is 1. The molecule has 0 bridgehead atoms. The number of rotatable bonds is 11. The molecule has 3 amide bonds. The molecule has 0 heterocycles. The van der Waals surface area contributed by atoms with E-state index in [0.717, 1.165) is 0 Å². The van der Waals surface area contributed by atoms with Gasteiger partial charge in [-0.15, -0.1) is 0 Å². The molecule has 0 aromatic heterocycles. The van der Waals surface area contributed by atoms with Gasteiger partial charge < -0.3 is 21.1 Å². The Bertz CT molecular complexity index is 439. The van der Waals surface area contributed by atoms with Crippen LogP contribution in [-0.2, 0) is 19.2 Å². The van der Waals surface area contributed by atoms with Crippen LogP contribution in [0, 0.1) is 0 Å². The van der Waals surface area contributed by atoms with Gasteiger partial charge in [-0.1, -0.05) is 0 Å². The Balaban J connectivity index is 4.69. The highest BCUT2D eigenvalue weighted by atomic mass is 16.4. The number of carboxylic acid groups (broad SMARTS) is 1. The van der Waals surface area contributed by atoms with Gasteiger partial charge in [0.25, 0.3) is 0 Å². The molecule has 23 heavy (non-hydrogen) atoms. The van der Waals surface area contributed by atoms with E-state index in [2.05, 4.69) is 16.0 Å². The van der Waals surface area contributed by atoms with Gasteiger partial charge in [0.1, 0.15) is 0 Å². The van der Waals surface area contributed by atoms with Gasteiger partial charge in [-0.05, 0) is 26.7 Å². The van der Waals surface area contributed by atoms with Gasteiger partial charge >= 0.3 is 5.97 Å². The lowest BCUT2D eigenvalue weighted by Gasteiger charge is -2.31. The summed E-state index contributed by atoms with van der Waals surface area (Å²) in [4.78, 5) is 45.4. The summed E-state index contributed by atoms with van der Waals surface area (Å²) < 4.78 is 0. The van der Waals surface area contributed by atoms with Crippen LogP contribution in [-0.4, -0.2) is 47.9 Å². The molecule has 0 aliphatic rings. The second-order valence-corrected chi connectivity index (χ2v) is 5.63. The Hall–Kier alpha value is -2.12. The van der Waals surface area contributed by atoms with Gasteiger partial charge in [0.15, 0.2) is 0 Å². The van der Waals surface area contributed by atoms with E-state index in [4.69, 9.17) is 5.11 Å². The minimum Gasteiger partial charge on any atom is -0.481 e. The van der Waals surface area contributed by atoms with E-state index < -0.39 is 17.4 Å². The van der Waals surface area contributed by atoms with Crippen LogP contribution in [0.2, 0.25) is 0 Å². The van der Waals surface area contributed by atoms with Crippen LogP contribution in [0.3, 0.4) is 0 Å². The summed E-state index contributed by atoms with van der Waals surface area (Å²) >= 11 is 0. The topological polar surface area (TPSA) is 125 Å². The van der Waals surface area contributed by atoms with E-state index >= 15 is 0 Å². The van der Waals surface area contributed by atoms with Gasteiger partial charge in [-0.25, -0.2) is 0 Å². The van der Waals surface area contributed by atoms with Gasteiger partial charge in [0.2, 0.25) is 17.7 Å². The second-order valence-electron chi connectivity index (χ2n) is 5.63. The van der Waals surface area contributed by atoms with Crippen molar-refractivity contribution in [3.8, 4) is 0 Å². The zero-order valence-electron chi connectivity index (χ0n) is 14.0. The van der Waals surface area contributed by atoms with Crippen molar-refractivity contribution in [1.82, 2.24) is 16.0 Å². The molecular formula is C15H27N3O5. The molecular weight excluding hydrogens is 302 g/mol. The summed E-state index contributed by atoms with van der Waals surface area (Å²) in [7, 11) is 1.53. The fraction of sp³-hybridized carbons (Fsp3) is 0.733. The number of carbonyl (C=O) groups excluding carboxylic acids is 3. The number of nitrogens with one attached hydrogen (secondary N) is 3. The van der Waals surface area contributed by atoms with Gasteiger partial charge in [-0.2, -0.15) is 0 Å². The molecule has 0 saturated heterocycles. The van der Waals surface area contributed by atoms with Crippen molar-refractivity contribution in [2.75, 3.05) is 13.6 Å². The quantitative estimate of drug-likeness (QED) is 0.430. The summed E-state index contributed by atoms with van der Waals surface area (Å²) in [6.45, 7) is 4.10. The molecule has 8 heteroatoms. The van der Waals surface area contributed by atoms with E-state index in [1.165, 1.54) is 7.05 Å². The maximum atomic E-state index is 11.9. The van der Waals surface area contributed by atoms with E-state index in [-0.39, 0.29) is 37.5 Å². The first-order chi connectivity index (χ1) is 10.7. The van der Waals surface area contributed by atoms with Crippen molar-refractivity contribution < 1.29 is 24.3 Å². The number of hydrogen-bond donors (Lipinski definition) is 4. The standard InChI is InChI=1S/C15H27N3O5/c1-4-17-12(20)8-10-15(2,9-7-11(19)16-3)18-13(21)5-6-14(22)23/h4-10H2,1-3H3,(H,16,19)(H,17,20)(H,18,21)(H,22,23). The molecule has 132 valence electrons. The smallest absolute Gasteiger partial charge is 0.303 e. The number of carbonyl (C=O) groups is 4. The zero-order valence-corrected chi connectivity index (χ0v) is 14.0. The van der Waals surface area contributed by atoms with Gasteiger partial charge in [0.05, 0.1) is 6.42 Å². The number of carboxylic acids is 1. The van der Waals surface area contributed by atoms with Crippen LogP contribution in [0.1, 0.15) is 52.4 Å². The highest BCUT2D eigenvalue weighted by molar-refractivity contribution is 5.81. The fourth-order valence-electron chi connectivity index (χ4n) is 2.06. The molecule has 0 fully saturated rings. The molecule has 0 rings (SSSR count). The van der Waals surface area contributed by atoms with Crippen LogP contribution in [0.15, 0.2) is 0 Å². The molecule has 8 nitrogen and oxygen atoms in total. The van der Waals surface area contributed by atoms with Crippen LogP contribution >= 0.6 is 0 Å². The van der Waals surface area contributed by atoms with Crippen molar-refractivity contribution in [3.05, 3.63) is 0 Å². The van der Waals surface area contributed by atoms with Crippen LogP contribution in [0.4, 0.5) is 0 Å². The van der Waals surface area contributed by atoms with E-state index in [1.54, 1.807) is 6.92 Å². The minimum atomic E-state index is -1.05. The molecule has 4 N–H and O–H groups in total. The molecule has 0 saturated carbocycles. The molecule has 0 aromatic carbocycles. The molecule has 0 aliphatic heterocycles. The summed E-state index contributed by atoms with van der Waals surface area (Å²) in [5.74, 6) is -1.73. The van der Waals surface area contributed by atoms with Crippen LogP contribution < -0.4 is 16.0 Å². The third kappa shape index (κ3) is 10.3. The van der Waals surface area contributed by atoms with Crippen LogP contribution in [0.25, 0.3) is 0 Å². The number of amides is 3. The molecule has 0 aliphatic carbocycles. The highest BCUT2D eigenvalue weighted by Gasteiger charge is 2.27. The lowest BCUT2D eigenvalue weighted by molar-refractivity contribution is -0.139. The van der Waals surface area contributed by atoms with Gasteiger partial charge in [-0.3, -0.25) is 19.2 Å². The van der Waals surface area contributed by atoms with E-state index in [0.29, 0.717) is 19.4 Å². The Morgan fingerprint density at radius 3 is 1.96 bits per heavy atom. The first kappa shape index (κ1) is 20.9. The average molecular weight is 329 g/mol. The largest absolute Gasteiger partial charge is 0.481 e. The Morgan fingerprint density at radius 2 is 1.48 bits per heavy atom. The third-order valence-electron chi connectivity index (χ3n) is 3.47. The monoisotopic (exact) mass is 329 g/mol. The summed E-state index contributed by atoms with van der Waals surface area (Å²) in [5, 5.41) is 16.6. The van der Waals surface area contributed by atoms with Crippen molar-refractivity contribution in [2.45, 2.75) is 57.9 Å². The predicted molar refractivity (Wildman–Crippen MR) is 84.6 cm³/mol. The Labute approximate surface area is 136 Å². The number of hydrogen-bond acceptors (Lipinski definition) is 4. The Kier molecular flexibility index (Phi) is 9.60. The van der Waals surface area contributed by atoms with Crippen molar-refractivity contribution in [2.24, 2.45) is 0 Å². The normalized spacial score (nSPS) is 12.8. The van der Waals surface area contributed by atoms with Crippen molar-refractivity contribution >= 4 is 23.7 Å². The fourth-order valence-corrected chi connectivity index (χ4v) is 2.06. The summed E-state index contributed by atoms with van der Waals surface area (Å²) in [6.07, 6.45) is 0.776. The second kappa shape index (κ2) is 10.6. The lowest BCUT2D eigenvalue weighted by Crippen LogP contribution is -2.47. The molecule has 1 atom stereocenters. The maximum Gasteiger partial charge on any atom is 0.303 e. The molecule has 0 radical (unpaired) electrons. The SMILES string of the molecule is CCNC(=O)CCC(C)(CCC(=O)NC)NC(=O)CCC(=O)O. The summed E-state index contributed by atoms with van der Waals surface area (Å²) in [6, 6.07) is 0. The molecule has 1 unspecified atom stereocenters. The van der Waals surface area contributed by atoms with Crippen molar-refractivity contribution in [3.63, 3.8) is 0 Å². The van der Waals surface area contributed by atoms with E-state index in [1.807, 2.05) is 6.92 Å². The predicted octanol–water partition coefficient (Wildman–Crippen LogP) is 0.169. The molecule has 0 aromatic rings. The van der Waals surface area contributed by atoms with E-state index in [9.17, 15) is 19.2 Å². The van der Waals surface area contributed by atoms with Crippen molar-refractivity contribution in [1.29, 1.82) is 0 Å². The Morgan fingerprint density at radius 1 is 0.913 bits per heavy atom. The first-order valence-corrected chi connectivity index (χ1v) is 7.72. The summed E-state index contributed by atoms with van der Waals surface area (Å²) in [5.41, 5.74) is -0.743. The highest BCUT2D eigenvalue weighted by Crippen LogP contribution is 2.19. The average Bonchev–Trinajstić information content (AvgIpc) is 2.49. The minimum absolute atomic E-state index is 0.126. The zero-order chi connectivity index (χ0) is 17.9. The van der Waals surface area contributed by atoms with Gasteiger partial charge in [0, 0.05) is 38.4 Å².